The van der Waals surface area contributed by atoms with Crippen LogP contribution in [-0.2, 0) is 6.54 Å². The number of nitrogens with zero attached hydrogens (tertiary/aromatic N) is 1. The van der Waals surface area contributed by atoms with E-state index in [9.17, 15) is 5.11 Å². The Balaban J connectivity index is 2.87. The molecule has 1 N–H and O–H groups in total. The van der Waals surface area contributed by atoms with E-state index in [2.05, 4.69) is 41.7 Å². The summed E-state index contributed by atoms with van der Waals surface area (Å²) in [6.45, 7) is 7.13. The van der Waals surface area contributed by atoms with Crippen molar-refractivity contribution in [2.24, 2.45) is 0 Å². The lowest BCUT2D eigenvalue weighted by Crippen LogP contribution is -2.30. The second-order valence-electron chi connectivity index (χ2n) is 4.62. The molecule has 0 aliphatic rings. The second kappa shape index (κ2) is 6.41. The predicted molar refractivity (Wildman–Crippen MR) is 76.4 cm³/mol. The van der Waals surface area contributed by atoms with Gasteiger partial charge >= 0.3 is 0 Å². The van der Waals surface area contributed by atoms with Crippen molar-refractivity contribution in [1.29, 1.82) is 0 Å². The SMILES string of the molecule is CCC(CC)N(C)Cc1cc(Br)cc(C)c1O. The van der Waals surface area contributed by atoms with Crippen LogP contribution in [-0.4, -0.2) is 23.1 Å². The molecule has 0 spiro atoms. The zero-order valence-corrected chi connectivity index (χ0v) is 12.7. The van der Waals surface area contributed by atoms with Gasteiger partial charge in [-0.2, -0.15) is 0 Å². The van der Waals surface area contributed by atoms with E-state index < -0.39 is 0 Å². The number of phenols is 1. The van der Waals surface area contributed by atoms with Gasteiger partial charge in [-0.05, 0) is 44.5 Å². The summed E-state index contributed by atoms with van der Waals surface area (Å²) in [4.78, 5) is 2.31. The van der Waals surface area contributed by atoms with Gasteiger partial charge in [-0.15, -0.1) is 0 Å². The summed E-state index contributed by atoms with van der Waals surface area (Å²) in [5, 5.41) is 10.1. The fourth-order valence-electron chi connectivity index (χ4n) is 2.24. The van der Waals surface area contributed by atoms with Crippen LogP contribution in [0, 0.1) is 6.92 Å². The second-order valence-corrected chi connectivity index (χ2v) is 5.53. The van der Waals surface area contributed by atoms with Crippen molar-refractivity contribution in [2.75, 3.05) is 7.05 Å². The van der Waals surface area contributed by atoms with E-state index in [4.69, 9.17) is 0 Å². The molecule has 96 valence electrons. The van der Waals surface area contributed by atoms with Crippen molar-refractivity contribution in [3.8, 4) is 5.75 Å². The van der Waals surface area contributed by atoms with Crippen molar-refractivity contribution in [3.05, 3.63) is 27.7 Å². The van der Waals surface area contributed by atoms with Crippen molar-refractivity contribution >= 4 is 15.9 Å². The van der Waals surface area contributed by atoms with Crippen LogP contribution in [0.1, 0.15) is 37.8 Å². The zero-order valence-electron chi connectivity index (χ0n) is 11.1. The fourth-order valence-corrected chi connectivity index (χ4v) is 2.85. The van der Waals surface area contributed by atoms with Crippen molar-refractivity contribution in [1.82, 2.24) is 4.90 Å². The van der Waals surface area contributed by atoms with Crippen LogP contribution in [0.5, 0.6) is 5.75 Å². The number of aromatic hydroxyl groups is 1. The van der Waals surface area contributed by atoms with E-state index in [0.29, 0.717) is 11.8 Å². The predicted octanol–water partition coefficient (Wildman–Crippen LogP) is 4.08. The van der Waals surface area contributed by atoms with Gasteiger partial charge in [-0.1, -0.05) is 29.8 Å². The smallest absolute Gasteiger partial charge is 0.123 e. The molecule has 0 aliphatic heterocycles. The maximum atomic E-state index is 10.1. The molecular weight excluding hydrogens is 278 g/mol. The standard InChI is InChI=1S/C14H22BrNO/c1-5-13(6-2)16(4)9-11-8-12(15)7-10(3)14(11)17/h7-8,13,17H,5-6,9H2,1-4H3. The number of hydrogen-bond donors (Lipinski definition) is 1. The molecule has 0 saturated carbocycles. The lowest BCUT2D eigenvalue weighted by atomic mass is 10.1. The summed E-state index contributed by atoms with van der Waals surface area (Å²) >= 11 is 3.48. The van der Waals surface area contributed by atoms with E-state index >= 15 is 0 Å². The average molecular weight is 300 g/mol. The van der Waals surface area contributed by atoms with Crippen LogP contribution < -0.4 is 0 Å². The zero-order chi connectivity index (χ0) is 13.0. The van der Waals surface area contributed by atoms with Gasteiger partial charge in [0.15, 0.2) is 0 Å². The molecule has 0 unspecified atom stereocenters. The van der Waals surface area contributed by atoms with Crippen LogP contribution in [0.15, 0.2) is 16.6 Å². The molecule has 2 nitrogen and oxygen atoms in total. The lowest BCUT2D eigenvalue weighted by Gasteiger charge is -2.26. The minimum Gasteiger partial charge on any atom is -0.507 e. The molecule has 3 heteroatoms. The highest BCUT2D eigenvalue weighted by Crippen LogP contribution is 2.28. The maximum Gasteiger partial charge on any atom is 0.123 e. The van der Waals surface area contributed by atoms with Gasteiger partial charge in [0.05, 0.1) is 0 Å². The number of hydrogen-bond acceptors (Lipinski definition) is 2. The molecule has 0 aliphatic carbocycles. The van der Waals surface area contributed by atoms with E-state index in [1.807, 2.05) is 19.1 Å². The Hall–Kier alpha value is -0.540. The van der Waals surface area contributed by atoms with Crippen LogP contribution in [0.3, 0.4) is 0 Å². The number of benzene rings is 1. The Labute approximate surface area is 113 Å². The minimum absolute atomic E-state index is 0.422. The molecule has 0 fully saturated rings. The minimum atomic E-state index is 0.422. The monoisotopic (exact) mass is 299 g/mol. The average Bonchev–Trinajstić information content (AvgIpc) is 2.27. The summed E-state index contributed by atoms with van der Waals surface area (Å²) < 4.78 is 1.03. The molecule has 0 aromatic heterocycles. The molecule has 0 amide bonds. The summed E-state index contributed by atoms with van der Waals surface area (Å²) in [6, 6.07) is 4.52. The summed E-state index contributed by atoms with van der Waals surface area (Å²) in [5.74, 6) is 0.422. The van der Waals surface area contributed by atoms with E-state index in [1.54, 1.807) is 0 Å². The highest BCUT2D eigenvalue weighted by atomic mass is 79.9. The molecule has 1 rings (SSSR count). The highest BCUT2D eigenvalue weighted by Gasteiger charge is 2.14. The Morgan fingerprint density at radius 1 is 1.29 bits per heavy atom. The maximum absolute atomic E-state index is 10.1. The normalized spacial score (nSPS) is 11.5. The van der Waals surface area contributed by atoms with Crippen LogP contribution >= 0.6 is 15.9 Å². The van der Waals surface area contributed by atoms with Gasteiger partial charge in [-0.25, -0.2) is 0 Å². The summed E-state index contributed by atoms with van der Waals surface area (Å²) in [7, 11) is 2.12. The summed E-state index contributed by atoms with van der Waals surface area (Å²) in [5.41, 5.74) is 1.92. The first-order valence-corrected chi connectivity index (χ1v) is 6.97. The van der Waals surface area contributed by atoms with Crippen LogP contribution in [0.25, 0.3) is 0 Å². The van der Waals surface area contributed by atoms with Crippen LogP contribution in [0.4, 0.5) is 0 Å². The van der Waals surface area contributed by atoms with Crippen molar-refractivity contribution in [2.45, 2.75) is 46.2 Å². The molecule has 17 heavy (non-hydrogen) atoms. The Morgan fingerprint density at radius 3 is 2.41 bits per heavy atom. The van der Waals surface area contributed by atoms with Crippen LogP contribution in [0.2, 0.25) is 0 Å². The van der Waals surface area contributed by atoms with E-state index in [0.717, 1.165) is 35.0 Å². The van der Waals surface area contributed by atoms with Gasteiger partial charge in [0.2, 0.25) is 0 Å². The van der Waals surface area contributed by atoms with Gasteiger partial charge in [0, 0.05) is 22.6 Å². The molecule has 0 atom stereocenters. The highest BCUT2D eigenvalue weighted by molar-refractivity contribution is 9.10. The van der Waals surface area contributed by atoms with Gasteiger partial charge in [0.1, 0.15) is 5.75 Å². The third-order valence-corrected chi connectivity index (χ3v) is 3.79. The fraction of sp³-hybridized carbons (Fsp3) is 0.571. The van der Waals surface area contributed by atoms with Crippen molar-refractivity contribution in [3.63, 3.8) is 0 Å². The third-order valence-electron chi connectivity index (χ3n) is 3.33. The number of rotatable bonds is 5. The number of halogens is 1. The molecular formula is C14H22BrNO. The Morgan fingerprint density at radius 2 is 1.88 bits per heavy atom. The van der Waals surface area contributed by atoms with Gasteiger partial charge in [-0.3, -0.25) is 4.90 Å². The first-order chi connectivity index (χ1) is 7.99. The number of aryl methyl sites for hydroxylation is 1. The molecule has 1 aromatic rings. The lowest BCUT2D eigenvalue weighted by molar-refractivity contribution is 0.219. The molecule has 0 radical (unpaired) electrons. The van der Waals surface area contributed by atoms with E-state index in [1.165, 1.54) is 0 Å². The molecule has 0 bridgehead atoms. The number of phenolic OH excluding ortho intramolecular Hbond substituents is 1. The first kappa shape index (κ1) is 14.5. The van der Waals surface area contributed by atoms with Gasteiger partial charge < -0.3 is 5.11 Å². The quantitative estimate of drug-likeness (QED) is 0.885. The molecule has 0 saturated heterocycles. The topological polar surface area (TPSA) is 23.5 Å². The molecule has 0 heterocycles. The molecule has 1 aromatic carbocycles. The third kappa shape index (κ3) is 3.71. The Kier molecular flexibility index (Phi) is 5.47. The Bertz CT molecular complexity index is 375. The first-order valence-electron chi connectivity index (χ1n) is 6.17. The largest absolute Gasteiger partial charge is 0.507 e. The summed E-state index contributed by atoms with van der Waals surface area (Å²) in [6.07, 6.45) is 2.28. The van der Waals surface area contributed by atoms with Crippen molar-refractivity contribution < 1.29 is 5.11 Å². The van der Waals surface area contributed by atoms with E-state index in [-0.39, 0.29) is 0 Å². The van der Waals surface area contributed by atoms with Gasteiger partial charge in [0.25, 0.3) is 0 Å².